The Morgan fingerprint density at radius 1 is 1.00 bits per heavy atom. The van der Waals surface area contributed by atoms with Crippen LogP contribution >= 0.6 is 0 Å². The van der Waals surface area contributed by atoms with Gasteiger partial charge in [0.25, 0.3) is 0 Å². The van der Waals surface area contributed by atoms with E-state index < -0.39 is 16.0 Å². The highest BCUT2D eigenvalue weighted by atomic mass is 32.2. The average molecular weight is 404 g/mol. The Morgan fingerprint density at radius 3 is 2.14 bits per heavy atom. The van der Waals surface area contributed by atoms with Crippen molar-refractivity contribution >= 4 is 27.6 Å². The molecule has 0 aliphatic rings. The van der Waals surface area contributed by atoms with E-state index in [0.29, 0.717) is 24.3 Å². The molecule has 0 bridgehead atoms. The van der Waals surface area contributed by atoms with E-state index >= 15 is 0 Å². The number of aryl methyl sites for hydroxylation is 1. The van der Waals surface area contributed by atoms with Gasteiger partial charge in [0.1, 0.15) is 0 Å². The molecule has 2 aromatic carbocycles. The summed E-state index contributed by atoms with van der Waals surface area (Å²) < 4.78 is 30.2. The van der Waals surface area contributed by atoms with Crippen molar-refractivity contribution in [1.29, 1.82) is 0 Å². The summed E-state index contributed by atoms with van der Waals surface area (Å²) in [5, 5.41) is 2.77. The van der Waals surface area contributed by atoms with Crippen LogP contribution in [0.3, 0.4) is 0 Å². The van der Waals surface area contributed by atoms with Crippen LogP contribution in [-0.4, -0.2) is 45.3 Å². The number of hydrogen-bond donors (Lipinski definition) is 1. The minimum atomic E-state index is -3.46. The van der Waals surface area contributed by atoms with Gasteiger partial charge in [-0.3, -0.25) is 4.79 Å². The Balaban J connectivity index is 1.89. The van der Waals surface area contributed by atoms with E-state index in [-0.39, 0.29) is 17.2 Å². The second kappa shape index (κ2) is 9.48. The summed E-state index contributed by atoms with van der Waals surface area (Å²) in [6.45, 7) is 2.04. The zero-order chi connectivity index (χ0) is 20.7. The Hall–Kier alpha value is -2.71. The van der Waals surface area contributed by atoms with Crippen molar-refractivity contribution in [3.8, 4) is 0 Å². The van der Waals surface area contributed by atoms with Crippen molar-refractivity contribution in [3.05, 3.63) is 59.7 Å². The molecule has 0 saturated heterocycles. The molecule has 0 heterocycles. The number of rotatable bonds is 8. The lowest BCUT2D eigenvalue weighted by Crippen LogP contribution is -2.22. The SMILES string of the molecule is CCOC(=O)c1ccc(NC(=O)CCc2ccc(S(=O)(=O)N(C)C)cc2)cc1. The summed E-state index contributed by atoms with van der Waals surface area (Å²) in [7, 11) is -0.500. The minimum Gasteiger partial charge on any atom is -0.462 e. The number of carbonyl (C=O) groups excluding carboxylic acids is 2. The third-order valence-corrected chi connectivity index (χ3v) is 5.85. The Morgan fingerprint density at radius 2 is 1.61 bits per heavy atom. The van der Waals surface area contributed by atoms with Gasteiger partial charge in [0.05, 0.1) is 17.1 Å². The van der Waals surface area contributed by atoms with Gasteiger partial charge in [0, 0.05) is 26.2 Å². The van der Waals surface area contributed by atoms with E-state index in [9.17, 15) is 18.0 Å². The van der Waals surface area contributed by atoms with Crippen LogP contribution in [0.2, 0.25) is 0 Å². The molecule has 0 fully saturated rings. The smallest absolute Gasteiger partial charge is 0.338 e. The van der Waals surface area contributed by atoms with E-state index in [1.54, 1.807) is 43.3 Å². The standard InChI is InChI=1S/C20H24N2O5S/c1-4-27-20(24)16-8-10-17(11-9-16)21-19(23)14-7-15-5-12-18(13-6-15)28(25,26)22(2)3/h5-6,8-13H,4,7,14H2,1-3H3,(H,21,23). The minimum absolute atomic E-state index is 0.172. The number of amides is 1. The molecule has 0 aliphatic carbocycles. The van der Waals surface area contributed by atoms with E-state index in [1.807, 2.05) is 0 Å². The normalized spacial score (nSPS) is 11.3. The summed E-state index contributed by atoms with van der Waals surface area (Å²) >= 11 is 0. The number of hydrogen-bond acceptors (Lipinski definition) is 5. The van der Waals surface area contributed by atoms with Crippen LogP contribution in [0.25, 0.3) is 0 Å². The molecule has 0 atom stereocenters. The second-order valence-electron chi connectivity index (χ2n) is 6.28. The van der Waals surface area contributed by atoms with Gasteiger partial charge in [0.15, 0.2) is 0 Å². The molecule has 0 aromatic heterocycles. The lowest BCUT2D eigenvalue weighted by molar-refractivity contribution is -0.116. The number of esters is 1. The van der Waals surface area contributed by atoms with Gasteiger partial charge in [-0.25, -0.2) is 17.5 Å². The fraction of sp³-hybridized carbons (Fsp3) is 0.300. The molecule has 0 spiro atoms. The van der Waals surface area contributed by atoms with Gasteiger partial charge >= 0.3 is 5.97 Å². The van der Waals surface area contributed by atoms with Crippen molar-refractivity contribution in [2.24, 2.45) is 0 Å². The number of nitrogens with one attached hydrogen (secondary N) is 1. The average Bonchev–Trinajstić information content (AvgIpc) is 2.67. The predicted molar refractivity (Wildman–Crippen MR) is 107 cm³/mol. The van der Waals surface area contributed by atoms with Crippen molar-refractivity contribution < 1.29 is 22.7 Å². The molecule has 2 rings (SSSR count). The quantitative estimate of drug-likeness (QED) is 0.683. The first-order valence-corrected chi connectivity index (χ1v) is 10.3. The predicted octanol–water partition coefficient (Wildman–Crippen LogP) is 2.68. The molecular formula is C20H24N2O5S. The first-order valence-electron chi connectivity index (χ1n) is 8.82. The number of carbonyl (C=O) groups is 2. The number of benzene rings is 2. The number of anilines is 1. The molecule has 1 N–H and O–H groups in total. The largest absolute Gasteiger partial charge is 0.462 e. The number of ether oxygens (including phenoxy) is 1. The Bertz CT molecular complexity index is 920. The number of sulfonamides is 1. The van der Waals surface area contributed by atoms with E-state index in [0.717, 1.165) is 9.87 Å². The van der Waals surface area contributed by atoms with Crippen LogP contribution in [0, 0.1) is 0 Å². The fourth-order valence-electron chi connectivity index (χ4n) is 2.42. The highest BCUT2D eigenvalue weighted by molar-refractivity contribution is 7.89. The summed E-state index contributed by atoms with van der Waals surface area (Å²) in [6, 6.07) is 13.0. The monoisotopic (exact) mass is 404 g/mol. The van der Waals surface area contributed by atoms with Crippen LogP contribution in [0.1, 0.15) is 29.3 Å². The lowest BCUT2D eigenvalue weighted by Gasteiger charge is -2.11. The summed E-state index contributed by atoms with van der Waals surface area (Å²) in [6.07, 6.45) is 0.731. The molecule has 2 aromatic rings. The highest BCUT2D eigenvalue weighted by Gasteiger charge is 2.16. The molecule has 1 amide bonds. The third kappa shape index (κ3) is 5.64. The van der Waals surface area contributed by atoms with Crippen molar-refractivity contribution in [1.82, 2.24) is 4.31 Å². The van der Waals surface area contributed by atoms with Crippen LogP contribution in [0.15, 0.2) is 53.4 Å². The summed E-state index contributed by atoms with van der Waals surface area (Å²) in [5.74, 6) is -0.575. The molecule has 8 heteroatoms. The van der Waals surface area contributed by atoms with Gasteiger partial charge in [-0.1, -0.05) is 12.1 Å². The van der Waals surface area contributed by atoms with Crippen LogP contribution in [0.4, 0.5) is 5.69 Å². The van der Waals surface area contributed by atoms with Gasteiger partial charge < -0.3 is 10.1 Å². The first-order chi connectivity index (χ1) is 13.2. The maximum absolute atomic E-state index is 12.1. The second-order valence-corrected chi connectivity index (χ2v) is 8.43. The van der Waals surface area contributed by atoms with Crippen molar-refractivity contribution in [3.63, 3.8) is 0 Å². The highest BCUT2D eigenvalue weighted by Crippen LogP contribution is 2.16. The molecule has 0 saturated carbocycles. The van der Waals surface area contributed by atoms with Gasteiger partial charge in [-0.2, -0.15) is 0 Å². The number of nitrogens with zero attached hydrogens (tertiary/aromatic N) is 1. The molecule has 28 heavy (non-hydrogen) atoms. The van der Waals surface area contributed by atoms with Crippen LogP contribution < -0.4 is 5.32 Å². The summed E-state index contributed by atoms with van der Waals surface area (Å²) in [4.78, 5) is 23.9. The zero-order valence-electron chi connectivity index (χ0n) is 16.1. The molecule has 150 valence electrons. The third-order valence-electron chi connectivity index (χ3n) is 4.02. The van der Waals surface area contributed by atoms with Crippen LogP contribution in [0.5, 0.6) is 0 Å². The van der Waals surface area contributed by atoms with Gasteiger partial charge in [-0.15, -0.1) is 0 Å². The lowest BCUT2D eigenvalue weighted by atomic mass is 10.1. The van der Waals surface area contributed by atoms with Crippen LogP contribution in [-0.2, 0) is 26.0 Å². The fourth-order valence-corrected chi connectivity index (χ4v) is 3.33. The molecular weight excluding hydrogens is 380 g/mol. The molecule has 0 radical (unpaired) electrons. The maximum Gasteiger partial charge on any atom is 0.338 e. The van der Waals surface area contributed by atoms with E-state index in [2.05, 4.69) is 5.32 Å². The molecule has 0 unspecified atom stereocenters. The van der Waals surface area contributed by atoms with E-state index in [1.165, 1.54) is 26.2 Å². The topological polar surface area (TPSA) is 92.8 Å². The van der Waals surface area contributed by atoms with Gasteiger partial charge in [-0.05, 0) is 55.3 Å². The summed E-state index contributed by atoms with van der Waals surface area (Å²) in [5.41, 5.74) is 1.88. The zero-order valence-corrected chi connectivity index (χ0v) is 17.0. The Kier molecular flexibility index (Phi) is 7.31. The molecule has 0 aliphatic heterocycles. The molecule has 7 nitrogen and oxygen atoms in total. The maximum atomic E-state index is 12.1. The Labute approximate surface area is 165 Å². The van der Waals surface area contributed by atoms with E-state index in [4.69, 9.17) is 4.74 Å². The van der Waals surface area contributed by atoms with Crippen molar-refractivity contribution in [2.75, 3.05) is 26.0 Å². The first kappa shape index (κ1) is 21.6. The van der Waals surface area contributed by atoms with Crippen molar-refractivity contribution in [2.45, 2.75) is 24.7 Å². The van der Waals surface area contributed by atoms with Gasteiger partial charge in [0.2, 0.25) is 15.9 Å².